The van der Waals surface area contributed by atoms with Crippen LogP contribution in [0.25, 0.3) is 0 Å². The summed E-state index contributed by atoms with van der Waals surface area (Å²) in [5, 5.41) is 12.2. The number of hydrogen-bond acceptors (Lipinski definition) is 5. The zero-order valence-corrected chi connectivity index (χ0v) is 19.0. The Hall–Kier alpha value is -2.80. The monoisotopic (exact) mass is 424 g/mol. The van der Waals surface area contributed by atoms with Gasteiger partial charge in [0.05, 0.1) is 5.75 Å². The minimum absolute atomic E-state index is 0.0639. The molecule has 7 heteroatoms. The average molecular weight is 425 g/mol. The molecule has 0 aliphatic rings. The molecule has 0 radical (unpaired) electrons. The molecule has 0 aliphatic carbocycles. The smallest absolute Gasteiger partial charge is 0.234 e. The van der Waals surface area contributed by atoms with Gasteiger partial charge < -0.3 is 14.6 Å². The van der Waals surface area contributed by atoms with Gasteiger partial charge >= 0.3 is 0 Å². The summed E-state index contributed by atoms with van der Waals surface area (Å²) in [4.78, 5) is 12.4. The summed E-state index contributed by atoms with van der Waals surface area (Å²) < 4.78 is 8.01. The first kappa shape index (κ1) is 21.9. The number of carbonyl (C=O) groups excluding carboxylic acids is 1. The van der Waals surface area contributed by atoms with Crippen LogP contribution < -0.4 is 10.1 Å². The molecule has 2 aromatic carbocycles. The Morgan fingerprint density at radius 1 is 1.07 bits per heavy atom. The number of anilines is 1. The third-order valence-electron chi connectivity index (χ3n) is 4.85. The molecule has 1 N–H and O–H groups in total. The van der Waals surface area contributed by atoms with E-state index in [1.165, 1.54) is 17.3 Å². The van der Waals surface area contributed by atoms with Gasteiger partial charge in [-0.05, 0) is 57.4 Å². The Kier molecular flexibility index (Phi) is 7.15. The summed E-state index contributed by atoms with van der Waals surface area (Å²) in [5.41, 5.74) is 5.25. The highest BCUT2D eigenvalue weighted by atomic mass is 32.2. The summed E-state index contributed by atoms with van der Waals surface area (Å²) >= 11 is 1.38. The minimum atomic E-state index is -0.0639. The van der Waals surface area contributed by atoms with Gasteiger partial charge in [-0.2, -0.15) is 0 Å². The fourth-order valence-electron chi connectivity index (χ4n) is 3.28. The molecule has 0 saturated carbocycles. The highest BCUT2D eigenvalue weighted by Crippen LogP contribution is 2.24. The van der Waals surface area contributed by atoms with Crippen molar-refractivity contribution in [2.45, 2.75) is 52.9 Å². The highest BCUT2D eigenvalue weighted by Gasteiger charge is 2.15. The number of hydrogen-bond donors (Lipinski definition) is 1. The number of para-hydroxylation sites is 1. The van der Waals surface area contributed by atoms with E-state index >= 15 is 0 Å². The van der Waals surface area contributed by atoms with Crippen LogP contribution in [0.5, 0.6) is 5.75 Å². The number of amides is 1. The van der Waals surface area contributed by atoms with Crippen molar-refractivity contribution in [2.75, 3.05) is 11.1 Å². The molecule has 3 aromatic rings. The number of aromatic nitrogens is 3. The van der Waals surface area contributed by atoms with E-state index < -0.39 is 0 Å². The summed E-state index contributed by atoms with van der Waals surface area (Å²) in [6.07, 6.45) is 0. The van der Waals surface area contributed by atoms with E-state index in [4.69, 9.17) is 4.74 Å². The van der Waals surface area contributed by atoms with Crippen molar-refractivity contribution in [1.29, 1.82) is 0 Å². The fraction of sp³-hybridized carbons (Fsp3) is 0.348. The largest absolute Gasteiger partial charge is 0.485 e. The van der Waals surface area contributed by atoms with E-state index in [-0.39, 0.29) is 11.7 Å². The lowest BCUT2D eigenvalue weighted by Crippen LogP contribution is -2.15. The molecule has 0 fully saturated rings. The predicted octanol–water partition coefficient (Wildman–Crippen LogP) is 4.84. The van der Waals surface area contributed by atoms with Crippen molar-refractivity contribution >= 4 is 23.4 Å². The van der Waals surface area contributed by atoms with Crippen LogP contribution >= 0.6 is 11.8 Å². The maximum Gasteiger partial charge on any atom is 0.234 e. The molecule has 0 bridgehead atoms. The van der Waals surface area contributed by atoms with Gasteiger partial charge in [0.25, 0.3) is 0 Å². The summed E-state index contributed by atoms with van der Waals surface area (Å²) in [5.74, 6) is 1.83. The number of ether oxygens (including phenoxy) is 1. The third-order valence-corrected chi connectivity index (χ3v) is 5.82. The van der Waals surface area contributed by atoms with Gasteiger partial charge in [0, 0.05) is 12.2 Å². The van der Waals surface area contributed by atoms with Gasteiger partial charge in [-0.3, -0.25) is 4.79 Å². The van der Waals surface area contributed by atoms with Crippen molar-refractivity contribution in [1.82, 2.24) is 14.8 Å². The number of nitrogens with one attached hydrogen (secondary N) is 1. The maximum absolute atomic E-state index is 12.4. The number of aryl methyl sites for hydroxylation is 4. The molecular formula is C23H28N4O2S. The van der Waals surface area contributed by atoms with Crippen molar-refractivity contribution in [3.05, 3.63) is 64.5 Å². The highest BCUT2D eigenvalue weighted by molar-refractivity contribution is 7.99. The summed E-state index contributed by atoms with van der Waals surface area (Å²) in [7, 11) is 0. The second-order valence-corrected chi connectivity index (χ2v) is 8.25. The number of carbonyl (C=O) groups is 1. The Balaban J connectivity index is 1.62. The van der Waals surface area contributed by atoms with Gasteiger partial charge in [-0.25, -0.2) is 0 Å². The van der Waals surface area contributed by atoms with Crippen molar-refractivity contribution in [3.63, 3.8) is 0 Å². The number of benzene rings is 2. The molecule has 0 saturated heterocycles. The molecule has 1 amide bonds. The van der Waals surface area contributed by atoms with Gasteiger partial charge in [0.2, 0.25) is 5.91 Å². The molecule has 1 aromatic heterocycles. The van der Waals surface area contributed by atoms with E-state index in [2.05, 4.69) is 21.6 Å². The number of rotatable bonds is 8. The molecule has 0 unspecified atom stereocenters. The first-order valence-electron chi connectivity index (χ1n) is 10.00. The van der Waals surface area contributed by atoms with Crippen LogP contribution in [0.3, 0.4) is 0 Å². The van der Waals surface area contributed by atoms with Gasteiger partial charge in [-0.15, -0.1) is 10.2 Å². The SMILES string of the molecule is CCn1c(COc2c(C)cccc2C)nnc1SCC(=O)Nc1ccc(C)cc1C. The zero-order valence-electron chi connectivity index (χ0n) is 18.2. The summed E-state index contributed by atoms with van der Waals surface area (Å²) in [6.45, 7) is 11.2. The van der Waals surface area contributed by atoms with Crippen molar-refractivity contribution < 1.29 is 9.53 Å². The Morgan fingerprint density at radius 3 is 2.47 bits per heavy atom. The number of thioether (sulfide) groups is 1. The number of nitrogens with zero attached hydrogens (tertiary/aromatic N) is 3. The molecule has 0 atom stereocenters. The molecule has 3 rings (SSSR count). The van der Waals surface area contributed by atoms with Crippen LogP contribution in [0.2, 0.25) is 0 Å². The van der Waals surface area contributed by atoms with Gasteiger partial charge in [0.1, 0.15) is 12.4 Å². The Morgan fingerprint density at radius 2 is 1.80 bits per heavy atom. The topological polar surface area (TPSA) is 69.0 Å². The van der Waals surface area contributed by atoms with Crippen LogP contribution in [0.15, 0.2) is 41.6 Å². The van der Waals surface area contributed by atoms with E-state index in [1.54, 1.807) is 0 Å². The lowest BCUT2D eigenvalue weighted by Gasteiger charge is -2.12. The third kappa shape index (κ3) is 5.21. The minimum Gasteiger partial charge on any atom is -0.485 e. The average Bonchev–Trinajstić information content (AvgIpc) is 3.10. The molecule has 0 spiro atoms. The van der Waals surface area contributed by atoms with E-state index in [9.17, 15) is 4.79 Å². The normalized spacial score (nSPS) is 10.8. The zero-order chi connectivity index (χ0) is 21.7. The van der Waals surface area contributed by atoms with Crippen LogP contribution in [-0.2, 0) is 17.9 Å². The second kappa shape index (κ2) is 9.80. The van der Waals surface area contributed by atoms with E-state index in [0.717, 1.165) is 34.0 Å². The van der Waals surface area contributed by atoms with Crippen molar-refractivity contribution in [3.8, 4) is 5.75 Å². The molecule has 0 aliphatic heterocycles. The van der Waals surface area contributed by atoms with Crippen molar-refractivity contribution in [2.24, 2.45) is 0 Å². The van der Waals surface area contributed by atoms with E-state index in [1.807, 2.05) is 69.5 Å². The van der Waals surface area contributed by atoms with Gasteiger partial charge in [0.15, 0.2) is 11.0 Å². The maximum atomic E-state index is 12.4. The quantitative estimate of drug-likeness (QED) is 0.524. The second-order valence-electron chi connectivity index (χ2n) is 7.31. The van der Waals surface area contributed by atoms with Crippen LogP contribution in [0.4, 0.5) is 5.69 Å². The molecule has 158 valence electrons. The molecule has 1 heterocycles. The van der Waals surface area contributed by atoms with Crippen LogP contribution in [-0.4, -0.2) is 26.4 Å². The molecule has 30 heavy (non-hydrogen) atoms. The molecular weight excluding hydrogens is 396 g/mol. The fourth-order valence-corrected chi connectivity index (χ4v) is 4.11. The molecule has 6 nitrogen and oxygen atoms in total. The Bertz CT molecular complexity index is 1030. The van der Waals surface area contributed by atoms with E-state index in [0.29, 0.717) is 18.3 Å². The predicted molar refractivity (Wildman–Crippen MR) is 121 cm³/mol. The standard InChI is InChI=1S/C23H28N4O2S/c1-6-27-20(13-29-22-16(3)8-7-9-17(22)4)25-26-23(27)30-14-21(28)24-19-11-10-15(2)12-18(19)5/h7-12H,6,13-14H2,1-5H3,(H,24,28). The Labute approximate surface area is 182 Å². The first-order chi connectivity index (χ1) is 14.4. The van der Waals surface area contributed by atoms with Gasteiger partial charge in [-0.1, -0.05) is 47.7 Å². The van der Waals surface area contributed by atoms with Crippen LogP contribution in [0, 0.1) is 27.7 Å². The lowest BCUT2D eigenvalue weighted by molar-refractivity contribution is -0.113. The first-order valence-corrected chi connectivity index (χ1v) is 11.0. The summed E-state index contributed by atoms with van der Waals surface area (Å²) in [6, 6.07) is 12.1. The lowest BCUT2D eigenvalue weighted by atomic mass is 10.1. The van der Waals surface area contributed by atoms with Crippen LogP contribution in [0.1, 0.15) is 35.0 Å².